The van der Waals surface area contributed by atoms with Crippen molar-refractivity contribution in [2.75, 3.05) is 13.7 Å². The molecule has 3 heteroatoms. The Hall–Kier alpha value is -1.22. The molecule has 15 heavy (non-hydrogen) atoms. The molecule has 0 aromatic heterocycles. The number of methoxy groups -OCH3 is 1. The minimum absolute atomic E-state index is 0.332. The molecule has 0 spiro atoms. The smallest absolute Gasteiger partial charge is 0.120 e. The van der Waals surface area contributed by atoms with Gasteiger partial charge in [0.15, 0.2) is 0 Å². The Morgan fingerprint density at radius 1 is 1.47 bits per heavy atom. The predicted octanol–water partition coefficient (Wildman–Crippen LogP) is 1.90. The summed E-state index contributed by atoms with van der Waals surface area (Å²) in [6.07, 6.45) is 2.69. The lowest BCUT2D eigenvalue weighted by atomic mass is 10.2. The molecule has 0 aliphatic heterocycles. The second kappa shape index (κ2) is 4.53. The average molecular weight is 207 g/mol. The van der Waals surface area contributed by atoms with Crippen LogP contribution in [0.3, 0.4) is 0 Å². The molecule has 2 rings (SSSR count). The molecule has 1 fully saturated rings. The minimum atomic E-state index is 0.332. The predicted molar refractivity (Wildman–Crippen MR) is 59.1 cm³/mol. The molecule has 82 valence electrons. The van der Waals surface area contributed by atoms with E-state index in [1.165, 1.54) is 12.8 Å². The summed E-state index contributed by atoms with van der Waals surface area (Å²) in [5.41, 5.74) is 0.898. The Labute approximate surface area is 90.1 Å². The fourth-order valence-electron chi connectivity index (χ4n) is 1.56. The summed E-state index contributed by atoms with van der Waals surface area (Å²) in [4.78, 5) is 0. The van der Waals surface area contributed by atoms with E-state index in [0.717, 1.165) is 23.8 Å². The summed E-state index contributed by atoms with van der Waals surface area (Å²) >= 11 is 0. The normalized spacial score (nSPS) is 15.3. The van der Waals surface area contributed by atoms with Gasteiger partial charge in [0, 0.05) is 12.1 Å². The van der Waals surface area contributed by atoms with E-state index in [1.54, 1.807) is 19.2 Å². The van der Waals surface area contributed by atoms with Gasteiger partial charge in [-0.1, -0.05) is 0 Å². The van der Waals surface area contributed by atoms with Crippen molar-refractivity contribution in [2.45, 2.75) is 19.4 Å². The highest BCUT2D eigenvalue weighted by Crippen LogP contribution is 2.28. The molecule has 0 atom stereocenters. The van der Waals surface area contributed by atoms with E-state index in [9.17, 15) is 5.11 Å². The van der Waals surface area contributed by atoms with Crippen LogP contribution < -0.4 is 10.1 Å². The molecular formula is C12H17NO2. The Kier molecular flexibility index (Phi) is 3.11. The number of phenolic OH excluding ortho intramolecular Hbond substituents is 1. The summed E-state index contributed by atoms with van der Waals surface area (Å²) < 4.78 is 5.11. The summed E-state index contributed by atoms with van der Waals surface area (Å²) in [6, 6.07) is 5.31. The summed E-state index contributed by atoms with van der Waals surface area (Å²) in [7, 11) is 1.63. The van der Waals surface area contributed by atoms with Crippen molar-refractivity contribution in [3.63, 3.8) is 0 Å². The van der Waals surface area contributed by atoms with Crippen LogP contribution in [-0.2, 0) is 6.54 Å². The fourth-order valence-corrected chi connectivity index (χ4v) is 1.56. The lowest BCUT2D eigenvalue weighted by molar-refractivity contribution is 0.410. The first kappa shape index (κ1) is 10.3. The lowest BCUT2D eigenvalue weighted by Crippen LogP contribution is -2.16. The monoisotopic (exact) mass is 207 g/mol. The molecule has 1 aromatic rings. The fraction of sp³-hybridized carbons (Fsp3) is 0.500. The summed E-state index contributed by atoms with van der Waals surface area (Å²) in [5, 5.41) is 13.0. The number of ether oxygens (including phenoxy) is 1. The van der Waals surface area contributed by atoms with Crippen LogP contribution >= 0.6 is 0 Å². The highest BCUT2D eigenvalue weighted by molar-refractivity contribution is 5.39. The zero-order valence-electron chi connectivity index (χ0n) is 8.99. The molecule has 0 saturated heterocycles. The molecule has 0 heterocycles. The molecule has 1 aromatic carbocycles. The maximum Gasteiger partial charge on any atom is 0.120 e. The van der Waals surface area contributed by atoms with Crippen molar-refractivity contribution in [2.24, 2.45) is 5.92 Å². The van der Waals surface area contributed by atoms with E-state index in [4.69, 9.17) is 4.74 Å². The third-order valence-electron chi connectivity index (χ3n) is 2.73. The van der Waals surface area contributed by atoms with Gasteiger partial charge in [-0.25, -0.2) is 0 Å². The molecule has 3 nitrogen and oxygen atoms in total. The molecule has 0 amide bonds. The number of hydrogen-bond acceptors (Lipinski definition) is 3. The Bertz CT molecular complexity index is 334. The van der Waals surface area contributed by atoms with Crippen LogP contribution in [-0.4, -0.2) is 18.8 Å². The highest BCUT2D eigenvalue weighted by Gasteiger charge is 2.20. The van der Waals surface area contributed by atoms with Gasteiger partial charge in [0.2, 0.25) is 0 Å². The van der Waals surface area contributed by atoms with E-state index < -0.39 is 0 Å². The van der Waals surface area contributed by atoms with Gasteiger partial charge in [-0.15, -0.1) is 0 Å². The maximum absolute atomic E-state index is 9.62. The largest absolute Gasteiger partial charge is 0.508 e. The lowest BCUT2D eigenvalue weighted by Gasteiger charge is -2.08. The standard InChI is InChI=1S/C12H17NO2/c1-15-11-4-5-12(14)10(6-11)8-13-7-9-2-3-9/h4-6,9,13-14H,2-3,7-8H2,1H3. The first-order valence-corrected chi connectivity index (χ1v) is 5.36. The third kappa shape index (κ3) is 2.86. The number of rotatable bonds is 5. The van der Waals surface area contributed by atoms with Gasteiger partial charge in [-0.05, 0) is 43.5 Å². The summed E-state index contributed by atoms with van der Waals surface area (Å²) in [5.74, 6) is 1.98. The van der Waals surface area contributed by atoms with Gasteiger partial charge in [0.1, 0.15) is 11.5 Å². The number of phenols is 1. The van der Waals surface area contributed by atoms with Gasteiger partial charge < -0.3 is 15.2 Å². The zero-order valence-corrected chi connectivity index (χ0v) is 8.99. The van der Waals surface area contributed by atoms with Crippen molar-refractivity contribution in [1.82, 2.24) is 5.32 Å². The first-order chi connectivity index (χ1) is 7.29. The first-order valence-electron chi connectivity index (χ1n) is 5.36. The van der Waals surface area contributed by atoms with Crippen LogP contribution in [0.4, 0.5) is 0 Å². The van der Waals surface area contributed by atoms with Crippen LogP contribution in [0.1, 0.15) is 18.4 Å². The van der Waals surface area contributed by atoms with Gasteiger partial charge in [-0.3, -0.25) is 0 Å². The Morgan fingerprint density at radius 3 is 2.93 bits per heavy atom. The van der Waals surface area contributed by atoms with Crippen molar-refractivity contribution in [3.05, 3.63) is 23.8 Å². The molecule has 1 saturated carbocycles. The van der Waals surface area contributed by atoms with Crippen molar-refractivity contribution >= 4 is 0 Å². The van der Waals surface area contributed by atoms with Crippen LogP contribution in [0.2, 0.25) is 0 Å². The molecule has 1 aliphatic rings. The van der Waals surface area contributed by atoms with Gasteiger partial charge >= 0.3 is 0 Å². The maximum atomic E-state index is 9.62. The summed E-state index contributed by atoms with van der Waals surface area (Å²) in [6.45, 7) is 1.76. The molecule has 0 radical (unpaired) electrons. The third-order valence-corrected chi connectivity index (χ3v) is 2.73. The van der Waals surface area contributed by atoms with Crippen LogP contribution in [0.5, 0.6) is 11.5 Å². The average Bonchev–Trinajstić information content (AvgIpc) is 3.05. The van der Waals surface area contributed by atoms with Crippen LogP contribution in [0, 0.1) is 5.92 Å². The number of hydrogen-bond donors (Lipinski definition) is 2. The molecule has 2 N–H and O–H groups in total. The molecular weight excluding hydrogens is 190 g/mol. The Morgan fingerprint density at radius 2 is 2.27 bits per heavy atom. The minimum Gasteiger partial charge on any atom is -0.508 e. The van der Waals surface area contributed by atoms with Gasteiger partial charge in [-0.2, -0.15) is 0 Å². The van der Waals surface area contributed by atoms with Crippen LogP contribution in [0.25, 0.3) is 0 Å². The van der Waals surface area contributed by atoms with E-state index in [2.05, 4.69) is 5.32 Å². The van der Waals surface area contributed by atoms with Crippen LogP contribution in [0.15, 0.2) is 18.2 Å². The topological polar surface area (TPSA) is 41.5 Å². The van der Waals surface area contributed by atoms with E-state index in [-0.39, 0.29) is 0 Å². The molecule has 0 bridgehead atoms. The molecule has 0 unspecified atom stereocenters. The van der Waals surface area contributed by atoms with Gasteiger partial charge in [0.25, 0.3) is 0 Å². The SMILES string of the molecule is COc1ccc(O)c(CNCC2CC2)c1. The van der Waals surface area contributed by atoms with Crippen molar-refractivity contribution < 1.29 is 9.84 Å². The quantitative estimate of drug-likeness (QED) is 0.774. The molecule has 1 aliphatic carbocycles. The highest BCUT2D eigenvalue weighted by atomic mass is 16.5. The number of nitrogens with one attached hydrogen (secondary N) is 1. The van der Waals surface area contributed by atoms with E-state index in [0.29, 0.717) is 12.3 Å². The Balaban J connectivity index is 1.92. The second-order valence-corrected chi connectivity index (χ2v) is 4.07. The number of benzene rings is 1. The zero-order chi connectivity index (χ0) is 10.7. The van der Waals surface area contributed by atoms with Gasteiger partial charge in [0.05, 0.1) is 7.11 Å². The second-order valence-electron chi connectivity index (χ2n) is 4.07. The van der Waals surface area contributed by atoms with Crippen molar-refractivity contribution in [1.29, 1.82) is 0 Å². The van der Waals surface area contributed by atoms with E-state index in [1.807, 2.05) is 6.07 Å². The van der Waals surface area contributed by atoms with E-state index >= 15 is 0 Å². The number of aromatic hydroxyl groups is 1. The van der Waals surface area contributed by atoms with Crippen molar-refractivity contribution in [3.8, 4) is 11.5 Å².